The molecule has 0 unspecified atom stereocenters. The number of benzene rings is 3. The monoisotopic (exact) mass is 383 g/mol. The zero-order chi connectivity index (χ0) is 20.4. The molecule has 4 heteroatoms. The van der Waals surface area contributed by atoms with Crippen molar-refractivity contribution in [2.45, 2.75) is 19.8 Å². The number of rotatable bonds is 4. The van der Waals surface area contributed by atoms with E-state index in [1.54, 1.807) is 0 Å². The van der Waals surface area contributed by atoms with Crippen LogP contribution >= 0.6 is 0 Å². The van der Waals surface area contributed by atoms with Crippen molar-refractivity contribution in [1.82, 2.24) is 4.57 Å². The van der Waals surface area contributed by atoms with Crippen LogP contribution in [-0.2, 0) is 7.05 Å². The van der Waals surface area contributed by atoms with Crippen molar-refractivity contribution in [3.8, 4) is 11.1 Å². The lowest BCUT2D eigenvalue weighted by molar-refractivity contribution is 0.262. The minimum absolute atomic E-state index is 0.262. The van der Waals surface area contributed by atoms with Gasteiger partial charge >= 0.3 is 6.03 Å². The molecular formula is C25H25N3O. The van der Waals surface area contributed by atoms with Gasteiger partial charge in [0.05, 0.1) is 5.52 Å². The minimum Gasteiger partial charge on any atom is -0.330 e. The number of aromatic nitrogens is 1. The van der Waals surface area contributed by atoms with E-state index < -0.39 is 0 Å². The number of amides is 2. The summed E-state index contributed by atoms with van der Waals surface area (Å²) in [6, 6.07) is 26.0. The van der Waals surface area contributed by atoms with Crippen LogP contribution in [0, 0.1) is 0 Å². The van der Waals surface area contributed by atoms with Crippen LogP contribution in [0.5, 0.6) is 0 Å². The van der Waals surface area contributed by atoms with Crippen molar-refractivity contribution in [2.24, 2.45) is 7.05 Å². The Bertz CT molecular complexity index is 1140. The molecule has 29 heavy (non-hydrogen) atoms. The number of nitrogens with one attached hydrogen (secondary N) is 2. The van der Waals surface area contributed by atoms with Gasteiger partial charge in [0.1, 0.15) is 5.82 Å². The number of nitrogens with zero attached hydrogens (tertiary/aromatic N) is 1. The Labute approximate surface area is 171 Å². The molecule has 146 valence electrons. The summed E-state index contributed by atoms with van der Waals surface area (Å²) in [5.41, 5.74) is 5.24. The summed E-state index contributed by atoms with van der Waals surface area (Å²) in [5, 5.41) is 7.08. The molecule has 0 radical (unpaired) electrons. The Morgan fingerprint density at radius 1 is 0.828 bits per heavy atom. The van der Waals surface area contributed by atoms with Crippen molar-refractivity contribution in [2.75, 3.05) is 10.6 Å². The standard InChI is InChI=1S/C25H25N3O/c1-17(2)18-13-15-19(16-14-18)23-21-11-7-8-12-22(21)28(3)24(23)27-25(29)26-20-9-5-4-6-10-20/h4-17H,1-3H3,(H2,26,27,29). The van der Waals surface area contributed by atoms with Crippen molar-refractivity contribution < 1.29 is 4.79 Å². The number of fused-ring (bicyclic) bond motifs is 1. The SMILES string of the molecule is CC(C)c1ccc(-c2c(NC(=O)Nc3ccccc3)n(C)c3ccccc23)cc1. The number of carbonyl (C=O) groups excluding carboxylic acids is 1. The van der Waals surface area contributed by atoms with Gasteiger partial charge in [0, 0.05) is 23.7 Å². The van der Waals surface area contributed by atoms with Gasteiger partial charge in [0.2, 0.25) is 0 Å². The maximum atomic E-state index is 12.7. The second kappa shape index (κ2) is 7.84. The van der Waals surface area contributed by atoms with Gasteiger partial charge in [-0.3, -0.25) is 5.32 Å². The van der Waals surface area contributed by atoms with Crippen LogP contribution in [0.4, 0.5) is 16.3 Å². The van der Waals surface area contributed by atoms with Crippen LogP contribution < -0.4 is 10.6 Å². The van der Waals surface area contributed by atoms with Crippen LogP contribution in [0.3, 0.4) is 0 Å². The topological polar surface area (TPSA) is 46.1 Å². The van der Waals surface area contributed by atoms with Gasteiger partial charge in [-0.25, -0.2) is 4.79 Å². The predicted octanol–water partition coefficient (Wildman–Crippen LogP) is 6.61. The normalized spacial score (nSPS) is 11.0. The lowest BCUT2D eigenvalue weighted by Crippen LogP contribution is -2.21. The van der Waals surface area contributed by atoms with E-state index in [2.05, 4.69) is 60.9 Å². The molecular weight excluding hydrogens is 358 g/mol. The van der Waals surface area contributed by atoms with E-state index in [-0.39, 0.29) is 6.03 Å². The Balaban J connectivity index is 1.76. The Kier molecular flexibility index (Phi) is 5.09. The van der Waals surface area contributed by atoms with Gasteiger partial charge in [-0.1, -0.05) is 74.5 Å². The molecule has 3 aromatic carbocycles. The van der Waals surface area contributed by atoms with Gasteiger partial charge in [-0.05, 0) is 35.2 Å². The maximum absolute atomic E-state index is 12.7. The second-order valence-corrected chi connectivity index (χ2v) is 7.52. The van der Waals surface area contributed by atoms with E-state index in [0.717, 1.165) is 33.5 Å². The highest BCUT2D eigenvalue weighted by molar-refractivity contribution is 6.09. The summed E-state index contributed by atoms with van der Waals surface area (Å²) in [6.07, 6.45) is 0. The van der Waals surface area contributed by atoms with Crippen LogP contribution in [0.25, 0.3) is 22.0 Å². The third-order valence-electron chi connectivity index (χ3n) is 5.24. The van der Waals surface area contributed by atoms with E-state index in [9.17, 15) is 4.79 Å². The number of hydrogen-bond donors (Lipinski definition) is 2. The lowest BCUT2D eigenvalue weighted by Gasteiger charge is -2.12. The molecule has 2 N–H and O–H groups in total. The molecule has 0 fully saturated rings. The van der Waals surface area contributed by atoms with Gasteiger partial charge in [0.25, 0.3) is 0 Å². The molecule has 4 rings (SSSR count). The Hall–Kier alpha value is -3.53. The molecule has 0 aliphatic rings. The lowest BCUT2D eigenvalue weighted by atomic mass is 9.98. The predicted molar refractivity (Wildman–Crippen MR) is 122 cm³/mol. The fourth-order valence-corrected chi connectivity index (χ4v) is 3.66. The van der Waals surface area contributed by atoms with Crippen LogP contribution in [-0.4, -0.2) is 10.6 Å². The summed E-state index contributed by atoms with van der Waals surface area (Å²) in [5.74, 6) is 1.25. The first-order valence-corrected chi connectivity index (χ1v) is 9.85. The quantitative estimate of drug-likeness (QED) is 0.409. The molecule has 0 atom stereocenters. The molecule has 4 aromatic rings. The number of hydrogen-bond acceptors (Lipinski definition) is 1. The number of anilines is 2. The smallest absolute Gasteiger partial charge is 0.324 e. The van der Waals surface area contributed by atoms with Crippen molar-refractivity contribution in [3.05, 3.63) is 84.4 Å². The first-order valence-electron chi connectivity index (χ1n) is 9.85. The van der Waals surface area contributed by atoms with E-state index in [1.807, 2.05) is 54.1 Å². The summed E-state index contributed by atoms with van der Waals surface area (Å²) in [6.45, 7) is 4.38. The fourth-order valence-electron chi connectivity index (χ4n) is 3.66. The number of aryl methyl sites for hydroxylation is 1. The van der Waals surface area contributed by atoms with Gasteiger partial charge in [0.15, 0.2) is 0 Å². The molecule has 0 saturated heterocycles. The zero-order valence-corrected chi connectivity index (χ0v) is 16.9. The molecule has 4 nitrogen and oxygen atoms in total. The molecule has 2 amide bonds. The average molecular weight is 383 g/mol. The van der Waals surface area contributed by atoms with Crippen molar-refractivity contribution in [1.29, 1.82) is 0 Å². The van der Waals surface area contributed by atoms with E-state index in [4.69, 9.17) is 0 Å². The molecule has 0 bridgehead atoms. The number of para-hydroxylation sites is 2. The molecule has 0 aliphatic heterocycles. The maximum Gasteiger partial charge on any atom is 0.324 e. The third-order valence-corrected chi connectivity index (χ3v) is 5.24. The first kappa shape index (κ1) is 18.8. The molecule has 0 spiro atoms. The van der Waals surface area contributed by atoms with Gasteiger partial charge in [-0.2, -0.15) is 0 Å². The third kappa shape index (κ3) is 3.74. The number of urea groups is 1. The van der Waals surface area contributed by atoms with E-state index >= 15 is 0 Å². The first-order chi connectivity index (χ1) is 14.0. The molecule has 0 saturated carbocycles. The summed E-state index contributed by atoms with van der Waals surface area (Å²) >= 11 is 0. The minimum atomic E-state index is -0.262. The Morgan fingerprint density at radius 3 is 2.17 bits per heavy atom. The van der Waals surface area contributed by atoms with Crippen LogP contribution in [0.2, 0.25) is 0 Å². The summed E-state index contributed by atoms with van der Waals surface area (Å²) in [7, 11) is 1.98. The molecule has 0 aliphatic carbocycles. The van der Waals surface area contributed by atoms with Gasteiger partial charge < -0.3 is 9.88 Å². The van der Waals surface area contributed by atoms with E-state index in [1.165, 1.54) is 5.56 Å². The fraction of sp³-hybridized carbons (Fsp3) is 0.160. The summed E-state index contributed by atoms with van der Waals surface area (Å²) in [4.78, 5) is 12.7. The number of carbonyl (C=O) groups is 1. The molecule has 1 heterocycles. The second-order valence-electron chi connectivity index (χ2n) is 7.52. The zero-order valence-electron chi connectivity index (χ0n) is 16.9. The van der Waals surface area contributed by atoms with Gasteiger partial charge in [-0.15, -0.1) is 0 Å². The van der Waals surface area contributed by atoms with Crippen molar-refractivity contribution >= 4 is 28.4 Å². The largest absolute Gasteiger partial charge is 0.330 e. The highest BCUT2D eigenvalue weighted by Crippen LogP contribution is 2.38. The van der Waals surface area contributed by atoms with Crippen LogP contribution in [0.1, 0.15) is 25.3 Å². The Morgan fingerprint density at radius 2 is 1.48 bits per heavy atom. The van der Waals surface area contributed by atoms with E-state index in [0.29, 0.717) is 5.92 Å². The highest BCUT2D eigenvalue weighted by Gasteiger charge is 2.18. The highest BCUT2D eigenvalue weighted by atomic mass is 16.2. The molecule has 1 aromatic heterocycles. The van der Waals surface area contributed by atoms with Crippen LogP contribution in [0.15, 0.2) is 78.9 Å². The average Bonchev–Trinajstić information content (AvgIpc) is 3.00. The summed E-state index contributed by atoms with van der Waals surface area (Å²) < 4.78 is 2.03. The van der Waals surface area contributed by atoms with Crippen molar-refractivity contribution in [3.63, 3.8) is 0 Å².